The molecule has 6 nitrogen and oxygen atoms in total. The summed E-state index contributed by atoms with van der Waals surface area (Å²) >= 11 is 0. The van der Waals surface area contributed by atoms with Crippen LogP contribution in [-0.4, -0.2) is 21.2 Å². The summed E-state index contributed by atoms with van der Waals surface area (Å²) in [6.45, 7) is 3.92. The van der Waals surface area contributed by atoms with Crippen molar-refractivity contribution < 1.29 is 4.79 Å². The molecule has 0 bridgehead atoms. The molecule has 150 valence electrons. The van der Waals surface area contributed by atoms with Gasteiger partial charge in [-0.2, -0.15) is 5.10 Å². The molecule has 4 aromatic rings. The maximum absolute atomic E-state index is 13.2. The van der Waals surface area contributed by atoms with Crippen molar-refractivity contribution in [2.24, 2.45) is 0 Å². The van der Waals surface area contributed by atoms with Gasteiger partial charge >= 0.3 is 6.03 Å². The first-order valence-corrected chi connectivity index (χ1v) is 9.82. The van der Waals surface area contributed by atoms with Crippen molar-refractivity contribution in [1.29, 1.82) is 0 Å². The van der Waals surface area contributed by atoms with E-state index in [2.05, 4.69) is 20.5 Å². The molecule has 0 aliphatic carbocycles. The van der Waals surface area contributed by atoms with E-state index < -0.39 is 0 Å². The summed E-state index contributed by atoms with van der Waals surface area (Å²) in [6, 6.07) is 26.5. The van der Waals surface area contributed by atoms with Gasteiger partial charge in [0, 0.05) is 5.56 Å². The number of para-hydroxylation sites is 2. The first-order valence-electron chi connectivity index (χ1n) is 9.82. The first kappa shape index (κ1) is 19.4. The second kappa shape index (κ2) is 8.61. The van der Waals surface area contributed by atoms with Gasteiger partial charge in [0.1, 0.15) is 5.82 Å². The second-order valence-corrected chi connectivity index (χ2v) is 7.09. The topological polar surface area (TPSA) is 73.9 Å². The third kappa shape index (κ3) is 4.22. The lowest BCUT2D eigenvalue weighted by atomic mass is 10.1. The molecule has 0 radical (unpaired) electrons. The molecular weight excluding hydrogens is 374 g/mol. The summed E-state index contributed by atoms with van der Waals surface area (Å²) in [6.07, 6.45) is 0. The Labute approximate surface area is 175 Å². The zero-order chi connectivity index (χ0) is 20.9. The Hall–Kier alpha value is -3.93. The number of carbonyl (C=O) groups is 1. The van der Waals surface area contributed by atoms with Crippen LogP contribution >= 0.6 is 0 Å². The number of aromatic amines is 1. The van der Waals surface area contributed by atoms with Crippen LogP contribution in [0.5, 0.6) is 0 Å². The normalized spacial score (nSPS) is 11.7. The predicted octanol–water partition coefficient (Wildman–Crippen LogP) is 5.39. The fraction of sp³-hybridized carbons (Fsp3) is 0.125. The van der Waals surface area contributed by atoms with Crippen molar-refractivity contribution in [3.8, 4) is 11.4 Å². The van der Waals surface area contributed by atoms with Crippen molar-refractivity contribution in [2.75, 3.05) is 4.90 Å². The minimum Gasteiger partial charge on any atom is -0.328 e. The molecule has 2 amide bonds. The van der Waals surface area contributed by atoms with Crippen LogP contribution in [0.15, 0.2) is 84.9 Å². The largest absolute Gasteiger partial charge is 0.328 e. The van der Waals surface area contributed by atoms with Crippen LogP contribution < -0.4 is 10.2 Å². The molecule has 1 aromatic heterocycles. The number of carbonyl (C=O) groups excluding carboxylic acids is 1. The fourth-order valence-electron chi connectivity index (χ4n) is 3.16. The number of nitrogens with one attached hydrogen (secondary N) is 2. The van der Waals surface area contributed by atoms with E-state index in [1.165, 1.54) is 5.56 Å². The highest BCUT2D eigenvalue weighted by Crippen LogP contribution is 2.26. The van der Waals surface area contributed by atoms with Crippen molar-refractivity contribution in [3.05, 3.63) is 96.3 Å². The highest BCUT2D eigenvalue weighted by Gasteiger charge is 2.21. The first-order chi connectivity index (χ1) is 14.6. The van der Waals surface area contributed by atoms with Crippen molar-refractivity contribution in [2.45, 2.75) is 19.9 Å². The molecule has 0 fully saturated rings. The number of benzene rings is 3. The lowest BCUT2D eigenvalue weighted by Crippen LogP contribution is -2.38. The zero-order valence-corrected chi connectivity index (χ0v) is 16.9. The SMILES string of the molecule is Cc1ccc(-c2n[nH]c([C@H](C)NC(=O)N(c3ccccc3)c3ccccc3)n2)cc1. The summed E-state index contributed by atoms with van der Waals surface area (Å²) < 4.78 is 0. The van der Waals surface area contributed by atoms with E-state index in [-0.39, 0.29) is 12.1 Å². The molecule has 0 saturated carbocycles. The standard InChI is InChI=1S/C24H23N5O/c1-17-13-15-19(16-14-17)23-26-22(27-28-23)18(2)25-24(30)29(20-9-5-3-6-10-20)21-11-7-4-8-12-21/h3-16,18H,1-2H3,(H,25,30)(H,26,27,28)/t18-/m0/s1. The highest BCUT2D eigenvalue weighted by molar-refractivity contribution is 5.99. The number of amides is 2. The smallest absolute Gasteiger partial charge is 0.327 e. The van der Waals surface area contributed by atoms with E-state index in [0.717, 1.165) is 16.9 Å². The number of aromatic nitrogens is 3. The molecule has 6 heteroatoms. The van der Waals surface area contributed by atoms with Crippen LogP contribution in [0.4, 0.5) is 16.2 Å². The third-order valence-corrected chi connectivity index (χ3v) is 4.79. The number of H-pyrrole nitrogens is 1. The lowest BCUT2D eigenvalue weighted by Gasteiger charge is -2.25. The Balaban J connectivity index is 1.55. The molecule has 3 aromatic carbocycles. The molecule has 0 aliphatic heterocycles. The van der Waals surface area contributed by atoms with E-state index >= 15 is 0 Å². The molecule has 2 N–H and O–H groups in total. The predicted molar refractivity (Wildman–Crippen MR) is 119 cm³/mol. The zero-order valence-electron chi connectivity index (χ0n) is 16.9. The summed E-state index contributed by atoms with van der Waals surface area (Å²) in [5.74, 6) is 1.20. The maximum atomic E-state index is 13.2. The molecular formula is C24H23N5O. The summed E-state index contributed by atoms with van der Waals surface area (Å²) in [7, 11) is 0. The van der Waals surface area contributed by atoms with Crippen molar-refractivity contribution in [3.63, 3.8) is 0 Å². The summed E-state index contributed by atoms with van der Waals surface area (Å²) in [5.41, 5.74) is 3.67. The number of hydrogen-bond acceptors (Lipinski definition) is 3. The Kier molecular flexibility index (Phi) is 5.57. The van der Waals surface area contributed by atoms with Crippen LogP contribution in [0.25, 0.3) is 11.4 Å². The van der Waals surface area contributed by atoms with Gasteiger partial charge in [-0.1, -0.05) is 66.2 Å². The molecule has 1 atom stereocenters. The molecule has 0 unspecified atom stereocenters. The Morgan fingerprint density at radius 3 is 2.03 bits per heavy atom. The average Bonchev–Trinajstić information content (AvgIpc) is 3.26. The number of hydrogen-bond donors (Lipinski definition) is 2. The van der Waals surface area contributed by atoms with Gasteiger partial charge in [0.25, 0.3) is 0 Å². The van der Waals surface area contributed by atoms with E-state index in [1.807, 2.05) is 98.8 Å². The van der Waals surface area contributed by atoms with Crippen molar-refractivity contribution >= 4 is 17.4 Å². The van der Waals surface area contributed by atoms with Gasteiger partial charge in [0.15, 0.2) is 5.82 Å². The highest BCUT2D eigenvalue weighted by atomic mass is 16.2. The van der Waals surface area contributed by atoms with Gasteiger partial charge in [-0.05, 0) is 38.1 Å². The third-order valence-electron chi connectivity index (χ3n) is 4.79. The molecule has 0 saturated heterocycles. The van der Waals surface area contributed by atoms with Crippen LogP contribution in [-0.2, 0) is 0 Å². The van der Waals surface area contributed by atoms with Crippen LogP contribution in [0, 0.1) is 6.92 Å². The Morgan fingerprint density at radius 2 is 1.47 bits per heavy atom. The van der Waals surface area contributed by atoms with E-state index in [9.17, 15) is 4.79 Å². The Bertz CT molecular complexity index is 1070. The van der Waals surface area contributed by atoms with Crippen molar-refractivity contribution in [1.82, 2.24) is 20.5 Å². The van der Waals surface area contributed by atoms with Gasteiger partial charge in [0.2, 0.25) is 0 Å². The molecule has 30 heavy (non-hydrogen) atoms. The monoisotopic (exact) mass is 397 g/mol. The minimum absolute atomic E-state index is 0.242. The van der Waals surface area contributed by atoms with Gasteiger partial charge in [-0.3, -0.25) is 10.00 Å². The minimum atomic E-state index is -0.348. The number of aryl methyl sites for hydroxylation is 1. The van der Waals surface area contributed by atoms with Gasteiger partial charge < -0.3 is 5.32 Å². The van der Waals surface area contributed by atoms with Crippen LogP contribution in [0.2, 0.25) is 0 Å². The number of anilines is 2. The van der Waals surface area contributed by atoms with E-state index in [0.29, 0.717) is 11.6 Å². The average molecular weight is 397 g/mol. The lowest BCUT2D eigenvalue weighted by molar-refractivity contribution is 0.245. The molecule has 4 rings (SSSR count). The maximum Gasteiger partial charge on any atom is 0.327 e. The van der Waals surface area contributed by atoms with Gasteiger partial charge in [-0.25, -0.2) is 9.78 Å². The van der Waals surface area contributed by atoms with E-state index in [4.69, 9.17) is 0 Å². The number of urea groups is 1. The fourth-order valence-corrected chi connectivity index (χ4v) is 3.16. The van der Waals surface area contributed by atoms with Crippen LogP contribution in [0.1, 0.15) is 24.4 Å². The van der Waals surface area contributed by atoms with Gasteiger partial charge in [0.05, 0.1) is 17.4 Å². The summed E-state index contributed by atoms with van der Waals surface area (Å²) in [4.78, 5) is 19.4. The molecule has 0 aliphatic rings. The Morgan fingerprint density at radius 1 is 0.900 bits per heavy atom. The second-order valence-electron chi connectivity index (χ2n) is 7.09. The van der Waals surface area contributed by atoms with E-state index in [1.54, 1.807) is 4.90 Å². The summed E-state index contributed by atoms with van der Waals surface area (Å²) in [5, 5.41) is 10.3. The molecule has 1 heterocycles. The number of rotatable bonds is 5. The molecule has 0 spiro atoms. The van der Waals surface area contributed by atoms with Gasteiger partial charge in [-0.15, -0.1) is 0 Å². The quantitative estimate of drug-likeness (QED) is 0.474. The van der Waals surface area contributed by atoms with Crippen LogP contribution in [0.3, 0.4) is 0 Å². The number of nitrogens with zero attached hydrogens (tertiary/aromatic N) is 3.